The SMILES string of the molecule is COc1cccc(CN(C)Cc2ncc(-c3ccc(Cl)cc3)o2)c1OC. The molecular weight excluding hydrogens is 352 g/mol. The number of aromatic nitrogens is 1. The van der Waals surface area contributed by atoms with E-state index >= 15 is 0 Å². The van der Waals surface area contributed by atoms with Crippen LogP contribution >= 0.6 is 11.6 Å². The van der Waals surface area contributed by atoms with Crippen LogP contribution in [0.3, 0.4) is 0 Å². The third-order valence-corrected chi connectivity index (χ3v) is 4.26. The highest BCUT2D eigenvalue weighted by Crippen LogP contribution is 2.31. The summed E-state index contributed by atoms with van der Waals surface area (Å²) in [7, 11) is 5.29. The van der Waals surface area contributed by atoms with Gasteiger partial charge in [-0.25, -0.2) is 4.98 Å². The summed E-state index contributed by atoms with van der Waals surface area (Å²) in [5.41, 5.74) is 1.99. The summed E-state index contributed by atoms with van der Waals surface area (Å²) >= 11 is 5.92. The Morgan fingerprint density at radius 2 is 1.81 bits per heavy atom. The third-order valence-electron chi connectivity index (χ3n) is 4.01. The molecular formula is C20H21ClN2O3. The fourth-order valence-electron chi connectivity index (χ4n) is 2.79. The van der Waals surface area contributed by atoms with E-state index < -0.39 is 0 Å². The Balaban J connectivity index is 1.69. The van der Waals surface area contributed by atoms with Gasteiger partial charge in [0.15, 0.2) is 17.3 Å². The van der Waals surface area contributed by atoms with Crippen molar-refractivity contribution in [1.29, 1.82) is 0 Å². The molecule has 0 unspecified atom stereocenters. The Labute approximate surface area is 158 Å². The molecule has 0 fully saturated rings. The molecule has 0 aliphatic carbocycles. The second-order valence-electron chi connectivity index (χ2n) is 5.95. The molecule has 26 heavy (non-hydrogen) atoms. The summed E-state index contributed by atoms with van der Waals surface area (Å²) < 4.78 is 16.7. The number of halogens is 1. The topological polar surface area (TPSA) is 47.7 Å². The molecule has 3 aromatic rings. The first-order valence-electron chi connectivity index (χ1n) is 8.19. The number of ether oxygens (including phenoxy) is 2. The maximum Gasteiger partial charge on any atom is 0.209 e. The van der Waals surface area contributed by atoms with E-state index in [0.29, 0.717) is 24.0 Å². The summed E-state index contributed by atoms with van der Waals surface area (Å²) in [5, 5.41) is 0.695. The van der Waals surface area contributed by atoms with Gasteiger partial charge in [0.1, 0.15) is 0 Å². The lowest BCUT2D eigenvalue weighted by molar-refractivity contribution is 0.275. The molecule has 3 rings (SSSR count). The van der Waals surface area contributed by atoms with Crippen LogP contribution in [-0.4, -0.2) is 31.2 Å². The summed E-state index contributed by atoms with van der Waals surface area (Å²) in [6.07, 6.45) is 1.73. The maximum atomic E-state index is 5.92. The van der Waals surface area contributed by atoms with Crippen LogP contribution in [-0.2, 0) is 13.1 Å². The van der Waals surface area contributed by atoms with Crippen molar-refractivity contribution in [3.05, 3.63) is 65.1 Å². The lowest BCUT2D eigenvalue weighted by atomic mass is 10.1. The quantitative estimate of drug-likeness (QED) is 0.604. The third kappa shape index (κ3) is 4.18. The predicted molar refractivity (Wildman–Crippen MR) is 102 cm³/mol. The van der Waals surface area contributed by atoms with E-state index in [0.717, 1.165) is 28.4 Å². The fourth-order valence-corrected chi connectivity index (χ4v) is 2.91. The maximum absolute atomic E-state index is 5.92. The lowest BCUT2D eigenvalue weighted by Crippen LogP contribution is -2.18. The normalized spacial score (nSPS) is 11.0. The summed E-state index contributed by atoms with van der Waals surface area (Å²) in [5.74, 6) is 2.85. The van der Waals surface area contributed by atoms with Gasteiger partial charge in [-0.15, -0.1) is 0 Å². The van der Waals surface area contributed by atoms with Crippen molar-refractivity contribution in [2.45, 2.75) is 13.1 Å². The molecule has 0 spiro atoms. The molecule has 0 aliphatic heterocycles. The standard InChI is InChI=1S/C20H21ClN2O3/c1-23(12-15-5-4-6-17(24-2)20(15)25-3)13-19-22-11-18(26-19)14-7-9-16(21)10-8-14/h4-11H,12-13H2,1-3H3. The molecule has 1 heterocycles. The molecule has 0 atom stereocenters. The summed E-state index contributed by atoms with van der Waals surface area (Å²) in [4.78, 5) is 6.48. The van der Waals surface area contributed by atoms with E-state index in [1.165, 1.54) is 0 Å². The first-order chi connectivity index (χ1) is 12.6. The van der Waals surface area contributed by atoms with Gasteiger partial charge in [0.05, 0.1) is 27.0 Å². The average Bonchev–Trinajstić information content (AvgIpc) is 3.10. The van der Waals surface area contributed by atoms with Gasteiger partial charge in [-0.2, -0.15) is 0 Å². The van der Waals surface area contributed by atoms with Crippen molar-refractivity contribution in [1.82, 2.24) is 9.88 Å². The van der Waals surface area contributed by atoms with Gasteiger partial charge in [-0.05, 0) is 37.4 Å². The van der Waals surface area contributed by atoms with Crippen molar-refractivity contribution in [3.8, 4) is 22.8 Å². The van der Waals surface area contributed by atoms with E-state index in [9.17, 15) is 0 Å². The number of hydrogen-bond acceptors (Lipinski definition) is 5. The number of methoxy groups -OCH3 is 2. The van der Waals surface area contributed by atoms with Crippen LogP contribution in [0, 0.1) is 0 Å². The zero-order valence-electron chi connectivity index (χ0n) is 15.0. The van der Waals surface area contributed by atoms with Gasteiger partial charge in [-0.3, -0.25) is 4.90 Å². The Bertz CT molecular complexity index is 862. The number of benzene rings is 2. The van der Waals surface area contributed by atoms with Crippen LogP contribution in [0.25, 0.3) is 11.3 Å². The van der Waals surface area contributed by atoms with E-state index in [-0.39, 0.29) is 0 Å². The number of nitrogens with zero attached hydrogens (tertiary/aromatic N) is 2. The zero-order valence-corrected chi connectivity index (χ0v) is 15.8. The van der Waals surface area contributed by atoms with Crippen LogP contribution in [0.1, 0.15) is 11.5 Å². The first-order valence-corrected chi connectivity index (χ1v) is 8.57. The molecule has 2 aromatic carbocycles. The minimum Gasteiger partial charge on any atom is -0.493 e. The Kier molecular flexibility index (Phi) is 5.81. The Morgan fingerprint density at radius 1 is 1.04 bits per heavy atom. The number of rotatable bonds is 7. The highest BCUT2D eigenvalue weighted by atomic mass is 35.5. The first kappa shape index (κ1) is 18.3. The zero-order chi connectivity index (χ0) is 18.5. The van der Waals surface area contributed by atoms with E-state index in [1.807, 2.05) is 49.5 Å². The highest BCUT2D eigenvalue weighted by molar-refractivity contribution is 6.30. The molecule has 0 bridgehead atoms. The van der Waals surface area contributed by atoms with Gasteiger partial charge < -0.3 is 13.9 Å². The molecule has 0 N–H and O–H groups in total. The van der Waals surface area contributed by atoms with Gasteiger partial charge in [-0.1, -0.05) is 23.7 Å². The monoisotopic (exact) mass is 372 g/mol. The number of oxazole rings is 1. The number of hydrogen-bond donors (Lipinski definition) is 0. The second-order valence-corrected chi connectivity index (χ2v) is 6.39. The lowest BCUT2D eigenvalue weighted by Gasteiger charge is -2.18. The average molecular weight is 373 g/mol. The van der Waals surface area contributed by atoms with Crippen molar-refractivity contribution < 1.29 is 13.9 Å². The summed E-state index contributed by atoms with van der Waals surface area (Å²) in [6, 6.07) is 13.4. The molecule has 1 aromatic heterocycles. The molecule has 6 heteroatoms. The molecule has 136 valence electrons. The molecule has 0 saturated carbocycles. The van der Waals surface area contributed by atoms with Crippen LogP contribution < -0.4 is 9.47 Å². The highest BCUT2D eigenvalue weighted by Gasteiger charge is 2.14. The van der Waals surface area contributed by atoms with Crippen molar-refractivity contribution in [2.24, 2.45) is 0 Å². The molecule has 0 amide bonds. The minimum atomic E-state index is 0.577. The van der Waals surface area contributed by atoms with Crippen molar-refractivity contribution in [2.75, 3.05) is 21.3 Å². The van der Waals surface area contributed by atoms with Crippen molar-refractivity contribution in [3.63, 3.8) is 0 Å². The fraction of sp³-hybridized carbons (Fsp3) is 0.250. The van der Waals surface area contributed by atoms with E-state index in [1.54, 1.807) is 20.4 Å². The molecule has 0 saturated heterocycles. The van der Waals surface area contributed by atoms with Crippen LogP contribution in [0.5, 0.6) is 11.5 Å². The van der Waals surface area contributed by atoms with Crippen LogP contribution in [0.4, 0.5) is 0 Å². The van der Waals surface area contributed by atoms with Crippen LogP contribution in [0.2, 0.25) is 5.02 Å². The minimum absolute atomic E-state index is 0.577. The largest absolute Gasteiger partial charge is 0.493 e. The van der Waals surface area contributed by atoms with Gasteiger partial charge in [0, 0.05) is 22.7 Å². The smallest absolute Gasteiger partial charge is 0.209 e. The van der Waals surface area contributed by atoms with Gasteiger partial charge in [0.2, 0.25) is 5.89 Å². The Morgan fingerprint density at radius 3 is 2.50 bits per heavy atom. The Hall–Kier alpha value is -2.50. The molecule has 5 nitrogen and oxygen atoms in total. The van der Waals surface area contributed by atoms with E-state index in [2.05, 4.69) is 9.88 Å². The van der Waals surface area contributed by atoms with Gasteiger partial charge >= 0.3 is 0 Å². The summed E-state index contributed by atoms with van der Waals surface area (Å²) in [6.45, 7) is 1.26. The van der Waals surface area contributed by atoms with Gasteiger partial charge in [0.25, 0.3) is 0 Å². The molecule has 0 aliphatic rings. The number of para-hydroxylation sites is 1. The van der Waals surface area contributed by atoms with E-state index in [4.69, 9.17) is 25.5 Å². The molecule has 0 radical (unpaired) electrons. The second kappa shape index (κ2) is 8.25. The predicted octanol–water partition coefficient (Wildman–Crippen LogP) is 4.64. The van der Waals surface area contributed by atoms with Crippen LogP contribution in [0.15, 0.2) is 53.1 Å². The van der Waals surface area contributed by atoms with Crippen molar-refractivity contribution >= 4 is 11.6 Å².